The largest absolute Gasteiger partial charge is 0.490 e. The molecule has 2 aromatic rings. The number of benzene rings is 2. The summed E-state index contributed by atoms with van der Waals surface area (Å²) in [5, 5.41) is 3.53. The van der Waals surface area contributed by atoms with Crippen LogP contribution in [0.1, 0.15) is 31.0 Å². The van der Waals surface area contributed by atoms with Gasteiger partial charge in [-0.3, -0.25) is 0 Å². The van der Waals surface area contributed by atoms with Gasteiger partial charge >= 0.3 is 0 Å². The molecule has 3 nitrogen and oxygen atoms in total. The molecule has 0 aromatic heterocycles. The van der Waals surface area contributed by atoms with Gasteiger partial charge in [-0.2, -0.15) is 0 Å². The van der Waals surface area contributed by atoms with Gasteiger partial charge < -0.3 is 14.8 Å². The molecule has 0 amide bonds. The molecule has 0 unspecified atom stereocenters. The smallest absolute Gasteiger partial charge is 0.161 e. The minimum atomic E-state index is 0.295. The van der Waals surface area contributed by atoms with Crippen LogP contribution in [-0.4, -0.2) is 13.2 Å². The normalized spacial score (nSPS) is 11.7. The fourth-order valence-corrected chi connectivity index (χ4v) is 2.33. The molecule has 0 aliphatic rings. The molecule has 0 saturated carbocycles. The maximum absolute atomic E-state index is 5.68. The average molecular weight is 311 g/mol. The summed E-state index contributed by atoms with van der Waals surface area (Å²) >= 11 is 0. The molecule has 0 heterocycles. The first-order valence-corrected chi connectivity index (χ1v) is 8.02. The van der Waals surface area contributed by atoms with Crippen LogP contribution in [0.2, 0.25) is 0 Å². The zero-order valence-electron chi connectivity index (χ0n) is 13.9. The lowest BCUT2D eigenvalue weighted by Crippen LogP contribution is -2.18. The van der Waals surface area contributed by atoms with Crippen LogP contribution >= 0.6 is 0 Å². The van der Waals surface area contributed by atoms with Crippen LogP contribution in [-0.2, 0) is 6.54 Å². The standard InChI is InChI=1S/C20H25NO2/c1-4-13-23-19-12-11-17(14-20(19)22-5-2)15-21-16(3)18-9-7-6-8-10-18/h4,6-12,14,16,21H,1,5,13,15H2,2-3H3/t16-/m0/s1. The third kappa shape index (κ3) is 5.15. The Hall–Kier alpha value is -2.26. The number of nitrogens with one attached hydrogen (secondary N) is 1. The summed E-state index contributed by atoms with van der Waals surface area (Å²) in [4.78, 5) is 0. The Morgan fingerprint density at radius 3 is 2.57 bits per heavy atom. The molecule has 2 rings (SSSR count). The van der Waals surface area contributed by atoms with Gasteiger partial charge in [0.25, 0.3) is 0 Å². The lowest BCUT2D eigenvalue weighted by molar-refractivity contribution is 0.296. The molecule has 2 aromatic carbocycles. The molecule has 122 valence electrons. The van der Waals surface area contributed by atoms with E-state index in [1.807, 2.05) is 25.1 Å². The van der Waals surface area contributed by atoms with Crippen LogP contribution in [0.5, 0.6) is 11.5 Å². The van der Waals surface area contributed by atoms with Crippen molar-refractivity contribution in [2.45, 2.75) is 26.4 Å². The molecule has 0 aliphatic carbocycles. The van der Waals surface area contributed by atoms with Gasteiger partial charge in [-0.15, -0.1) is 0 Å². The van der Waals surface area contributed by atoms with Crippen molar-refractivity contribution in [3.63, 3.8) is 0 Å². The first-order chi connectivity index (χ1) is 11.2. The highest BCUT2D eigenvalue weighted by Gasteiger charge is 2.08. The second-order valence-corrected chi connectivity index (χ2v) is 5.33. The van der Waals surface area contributed by atoms with E-state index in [0.717, 1.165) is 18.0 Å². The summed E-state index contributed by atoms with van der Waals surface area (Å²) < 4.78 is 11.3. The van der Waals surface area contributed by atoms with E-state index >= 15 is 0 Å². The molecule has 1 atom stereocenters. The fourth-order valence-electron chi connectivity index (χ4n) is 2.33. The van der Waals surface area contributed by atoms with Crippen LogP contribution in [0.4, 0.5) is 0 Å². The molecule has 23 heavy (non-hydrogen) atoms. The SMILES string of the molecule is C=CCOc1ccc(CN[C@@H](C)c2ccccc2)cc1OCC. The summed E-state index contributed by atoms with van der Waals surface area (Å²) in [6.07, 6.45) is 1.73. The highest BCUT2D eigenvalue weighted by molar-refractivity contribution is 5.43. The fraction of sp³-hybridized carbons (Fsp3) is 0.300. The zero-order valence-corrected chi connectivity index (χ0v) is 13.9. The highest BCUT2D eigenvalue weighted by Crippen LogP contribution is 2.28. The van der Waals surface area contributed by atoms with E-state index in [1.54, 1.807) is 6.08 Å². The van der Waals surface area contributed by atoms with Crippen molar-refractivity contribution in [2.75, 3.05) is 13.2 Å². The van der Waals surface area contributed by atoms with Crippen molar-refractivity contribution in [3.05, 3.63) is 72.3 Å². The van der Waals surface area contributed by atoms with Gasteiger partial charge in [-0.25, -0.2) is 0 Å². The van der Waals surface area contributed by atoms with Crippen molar-refractivity contribution in [2.24, 2.45) is 0 Å². The molecule has 3 heteroatoms. The number of ether oxygens (including phenoxy) is 2. The number of hydrogen-bond donors (Lipinski definition) is 1. The van der Waals surface area contributed by atoms with Crippen molar-refractivity contribution < 1.29 is 9.47 Å². The van der Waals surface area contributed by atoms with E-state index in [1.165, 1.54) is 11.1 Å². The molecule has 0 aliphatic heterocycles. The third-order valence-corrected chi connectivity index (χ3v) is 3.58. The number of hydrogen-bond acceptors (Lipinski definition) is 3. The predicted octanol–water partition coefficient (Wildman–Crippen LogP) is 4.50. The first-order valence-electron chi connectivity index (χ1n) is 8.02. The summed E-state index contributed by atoms with van der Waals surface area (Å²) in [5.74, 6) is 1.53. The average Bonchev–Trinajstić information content (AvgIpc) is 2.60. The van der Waals surface area contributed by atoms with Crippen LogP contribution in [0.3, 0.4) is 0 Å². The second-order valence-electron chi connectivity index (χ2n) is 5.33. The molecule has 0 bridgehead atoms. The molecule has 0 spiro atoms. The van der Waals surface area contributed by atoms with E-state index in [9.17, 15) is 0 Å². The van der Waals surface area contributed by atoms with E-state index < -0.39 is 0 Å². The van der Waals surface area contributed by atoms with Gasteiger partial charge in [0, 0.05) is 12.6 Å². The first kappa shape index (κ1) is 17.1. The van der Waals surface area contributed by atoms with Gasteiger partial charge in [0.2, 0.25) is 0 Å². The molecular weight excluding hydrogens is 286 g/mol. The zero-order chi connectivity index (χ0) is 16.5. The molecule has 1 N–H and O–H groups in total. The Bertz CT molecular complexity index is 610. The second kappa shape index (κ2) is 9.01. The van der Waals surface area contributed by atoms with Crippen molar-refractivity contribution in [1.29, 1.82) is 0 Å². The van der Waals surface area contributed by atoms with Crippen molar-refractivity contribution in [3.8, 4) is 11.5 Å². The van der Waals surface area contributed by atoms with E-state index in [4.69, 9.17) is 9.47 Å². The minimum absolute atomic E-state index is 0.295. The number of rotatable bonds is 9. The summed E-state index contributed by atoms with van der Waals surface area (Å²) in [6.45, 7) is 9.67. The van der Waals surface area contributed by atoms with Crippen LogP contribution < -0.4 is 14.8 Å². The van der Waals surface area contributed by atoms with E-state index in [0.29, 0.717) is 19.3 Å². The van der Waals surface area contributed by atoms with Gasteiger partial charge in [0.1, 0.15) is 6.61 Å². The lowest BCUT2D eigenvalue weighted by atomic mass is 10.1. The minimum Gasteiger partial charge on any atom is -0.490 e. The van der Waals surface area contributed by atoms with Gasteiger partial charge in [0.05, 0.1) is 6.61 Å². The van der Waals surface area contributed by atoms with Crippen molar-refractivity contribution >= 4 is 0 Å². The van der Waals surface area contributed by atoms with Crippen molar-refractivity contribution in [1.82, 2.24) is 5.32 Å². The van der Waals surface area contributed by atoms with Gasteiger partial charge in [-0.1, -0.05) is 49.1 Å². The Labute approximate surface area is 138 Å². The Kier molecular flexibility index (Phi) is 6.70. The summed E-state index contributed by atoms with van der Waals surface area (Å²) in [5.41, 5.74) is 2.45. The predicted molar refractivity (Wildman–Crippen MR) is 95.0 cm³/mol. The van der Waals surface area contributed by atoms with E-state index in [-0.39, 0.29) is 0 Å². The topological polar surface area (TPSA) is 30.5 Å². The third-order valence-electron chi connectivity index (χ3n) is 3.58. The summed E-state index contributed by atoms with van der Waals surface area (Å²) in [6, 6.07) is 16.8. The van der Waals surface area contributed by atoms with Gasteiger partial charge in [0.15, 0.2) is 11.5 Å². The highest BCUT2D eigenvalue weighted by atomic mass is 16.5. The maximum atomic E-state index is 5.68. The molecule has 0 fully saturated rings. The Balaban J connectivity index is 2.02. The maximum Gasteiger partial charge on any atom is 0.161 e. The summed E-state index contributed by atoms with van der Waals surface area (Å²) in [7, 11) is 0. The monoisotopic (exact) mass is 311 g/mol. The quantitative estimate of drug-likeness (QED) is 0.692. The van der Waals surface area contributed by atoms with E-state index in [2.05, 4.69) is 49.2 Å². The molecular formula is C20H25NO2. The van der Waals surface area contributed by atoms with Crippen LogP contribution in [0.25, 0.3) is 0 Å². The van der Waals surface area contributed by atoms with Crippen LogP contribution in [0.15, 0.2) is 61.2 Å². The Morgan fingerprint density at radius 1 is 1.09 bits per heavy atom. The molecule has 0 saturated heterocycles. The Morgan fingerprint density at radius 2 is 1.87 bits per heavy atom. The lowest BCUT2D eigenvalue weighted by Gasteiger charge is -2.16. The van der Waals surface area contributed by atoms with Gasteiger partial charge in [-0.05, 0) is 37.1 Å². The van der Waals surface area contributed by atoms with Crippen LogP contribution in [0, 0.1) is 0 Å². The molecule has 0 radical (unpaired) electrons.